The number of carbonyl (C=O) groups is 1. The Morgan fingerprint density at radius 3 is 2.86 bits per heavy atom. The van der Waals surface area contributed by atoms with Crippen LogP contribution in [0, 0.1) is 0 Å². The van der Waals surface area contributed by atoms with Gasteiger partial charge in [-0.15, -0.1) is 0 Å². The number of rotatable bonds is 5. The molecule has 1 aromatic rings. The third-order valence-electron chi connectivity index (χ3n) is 1.57. The fraction of sp³-hybridized carbons (Fsp3) is 0.375. The van der Waals surface area contributed by atoms with Crippen molar-refractivity contribution in [2.24, 2.45) is 5.73 Å². The molecule has 1 amide bonds. The smallest absolute Gasteiger partial charge is 0.219 e. The standard InChI is InChI=1S/C8H13N5O/c1-10-7-4-11-5-8(13-7)12-3-2-6(9)14/h4-5H,2-3H2,1H3,(H2,9,14)(H2,10,12,13). The molecule has 76 valence electrons. The average Bonchev–Trinajstić information content (AvgIpc) is 2.18. The highest BCUT2D eigenvalue weighted by molar-refractivity contribution is 5.74. The molecule has 0 aliphatic heterocycles. The average molecular weight is 195 g/mol. The molecule has 0 bridgehead atoms. The highest BCUT2D eigenvalue weighted by atomic mass is 16.1. The normalized spacial score (nSPS) is 9.50. The lowest BCUT2D eigenvalue weighted by molar-refractivity contribution is -0.117. The van der Waals surface area contributed by atoms with Crippen molar-refractivity contribution in [1.82, 2.24) is 9.97 Å². The van der Waals surface area contributed by atoms with Crippen molar-refractivity contribution >= 4 is 17.5 Å². The summed E-state index contributed by atoms with van der Waals surface area (Å²) in [6.45, 7) is 0.469. The van der Waals surface area contributed by atoms with Gasteiger partial charge in [0.05, 0.1) is 12.4 Å². The van der Waals surface area contributed by atoms with Crippen molar-refractivity contribution in [3.8, 4) is 0 Å². The van der Waals surface area contributed by atoms with Gasteiger partial charge < -0.3 is 16.4 Å². The predicted octanol–water partition coefficient (Wildman–Crippen LogP) is -0.194. The Labute approximate surface area is 81.9 Å². The minimum absolute atomic E-state index is 0.283. The summed E-state index contributed by atoms with van der Waals surface area (Å²) in [5, 5.41) is 5.80. The largest absolute Gasteiger partial charge is 0.372 e. The Morgan fingerprint density at radius 2 is 2.21 bits per heavy atom. The Kier molecular flexibility index (Phi) is 3.66. The summed E-state index contributed by atoms with van der Waals surface area (Å²) in [6.07, 6.45) is 3.48. The number of aromatic nitrogens is 2. The Hall–Kier alpha value is -1.85. The van der Waals surface area contributed by atoms with Crippen LogP contribution in [0.3, 0.4) is 0 Å². The van der Waals surface area contributed by atoms with E-state index in [4.69, 9.17) is 5.73 Å². The van der Waals surface area contributed by atoms with Gasteiger partial charge in [0.25, 0.3) is 0 Å². The fourth-order valence-corrected chi connectivity index (χ4v) is 0.885. The van der Waals surface area contributed by atoms with Crippen molar-refractivity contribution in [2.45, 2.75) is 6.42 Å². The van der Waals surface area contributed by atoms with E-state index in [1.165, 1.54) is 0 Å². The van der Waals surface area contributed by atoms with Crippen molar-refractivity contribution < 1.29 is 4.79 Å². The predicted molar refractivity (Wildman–Crippen MR) is 53.9 cm³/mol. The fourth-order valence-electron chi connectivity index (χ4n) is 0.885. The molecule has 0 spiro atoms. The minimum atomic E-state index is -0.338. The maximum absolute atomic E-state index is 10.4. The van der Waals surface area contributed by atoms with Gasteiger partial charge in [-0.1, -0.05) is 0 Å². The van der Waals surface area contributed by atoms with E-state index in [-0.39, 0.29) is 12.3 Å². The van der Waals surface area contributed by atoms with Crippen LogP contribution in [0.25, 0.3) is 0 Å². The third-order valence-corrected chi connectivity index (χ3v) is 1.57. The molecule has 1 aromatic heterocycles. The second kappa shape index (κ2) is 5.00. The van der Waals surface area contributed by atoms with Crippen LogP contribution in [-0.2, 0) is 4.79 Å². The van der Waals surface area contributed by atoms with E-state index in [1.54, 1.807) is 19.4 Å². The SMILES string of the molecule is CNc1cncc(NCCC(N)=O)n1. The molecule has 6 nitrogen and oxygen atoms in total. The number of hydrogen-bond acceptors (Lipinski definition) is 5. The Balaban J connectivity index is 2.46. The summed E-state index contributed by atoms with van der Waals surface area (Å²) < 4.78 is 0. The highest BCUT2D eigenvalue weighted by Crippen LogP contribution is 2.04. The monoisotopic (exact) mass is 195 g/mol. The van der Waals surface area contributed by atoms with Crippen molar-refractivity contribution in [3.63, 3.8) is 0 Å². The number of primary amides is 1. The number of nitrogens with one attached hydrogen (secondary N) is 2. The first-order valence-electron chi connectivity index (χ1n) is 4.24. The van der Waals surface area contributed by atoms with E-state index in [0.717, 1.165) is 0 Å². The van der Waals surface area contributed by atoms with E-state index in [9.17, 15) is 4.79 Å². The van der Waals surface area contributed by atoms with Crippen LogP contribution in [0.4, 0.5) is 11.6 Å². The van der Waals surface area contributed by atoms with E-state index < -0.39 is 0 Å². The summed E-state index contributed by atoms with van der Waals surface area (Å²) in [5.74, 6) is 0.961. The molecule has 14 heavy (non-hydrogen) atoms. The topological polar surface area (TPSA) is 92.9 Å². The van der Waals surface area contributed by atoms with Gasteiger partial charge in [-0.25, -0.2) is 4.98 Å². The maximum Gasteiger partial charge on any atom is 0.219 e. The first-order chi connectivity index (χ1) is 6.72. The number of amides is 1. The number of anilines is 2. The van der Waals surface area contributed by atoms with E-state index >= 15 is 0 Å². The van der Waals surface area contributed by atoms with Crippen molar-refractivity contribution in [1.29, 1.82) is 0 Å². The first-order valence-corrected chi connectivity index (χ1v) is 4.24. The van der Waals surface area contributed by atoms with Crippen LogP contribution in [0.15, 0.2) is 12.4 Å². The van der Waals surface area contributed by atoms with Crippen LogP contribution < -0.4 is 16.4 Å². The van der Waals surface area contributed by atoms with Gasteiger partial charge in [-0.05, 0) is 0 Å². The molecule has 0 radical (unpaired) electrons. The van der Waals surface area contributed by atoms with Crippen LogP contribution in [0.2, 0.25) is 0 Å². The zero-order valence-electron chi connectivity index (χ0n) is 7.95. The Bertz CT molecular complexity index is 314. The van der Waals surface area contributed by atoms with E-state index in [0.29, 0.717) is 18.2 Å². The van der Waals surface area contributed by atoms with Gasteiger partial charge in [0.1, 0.15) is 11.6 Å². The van der Waals surface area contributed by atoms with Crippen LogP contribution in [-0.4, -0.2) is 29.5 Å². The Morgan fingerprint density at radius 1 is 1.50 bits per heavy atom. The maximum atomic E-state index is 10.4. The third kappa shape index (κ3) is 3.26. The zero-order valence-corrected chi connectivity index (χ0v) is 7.95. The second-order valence-electron chi connectivity index (χ2n) is 2.68. The molecular formula is C8H13N5O. The molecule has 0 unspecified atom stereocenters. The number of hydrogen-bond donors (Lipinski definition) is 3. The molecule has 0 atom stereocenters. The number of carbonyl (C=O) groups excluding carboxylic acids is 1. The molecular weight excluding hydrogens is 182 g/mol. The molecule has 0 saturated carbocycles. The quantitative estimate of drug-likeness (QED) is 0.605. The summed E-state index contributed by atoms with van der Waals surface area (Å²) in [7, 11) is 1.76. The van der Waals surface area contributed by atoms with Gasteiger partial charge in [-0.3, -0.25) is 9.78 Å². The summed E-state index contributed by atoms with van der Waals surface area (Å²) >= 11 is 0. The van der Waals surface area contributed by atoms with Gasteiger partial charge >= 0.3 is 0 Å². The van der Waals surface area contributed by atoms with Crippen LogP contribution >= 0.6 is 0 Å². The highest BCUT2D eigenvalue weighted by Gasteiger charge is 1.97. The first kappa shape index (κ1) is 10.2. The van der Waals surface area contributed by atoms with Gasteiger partial charge in [0.15, 0.2) is 0 Å². The van der Waals surface area contributed by atoms with Gasteiger partial charge in [0, 0.05) is 20.0 Å². The molecule has 0 saturated heterocycles. The van der Waals surface area contributed by atoms with Crippen LogP contribution in [0.1, 0.15) is 6.42 Å². The molecule has 1 rings (SSSR count). The van der Waals surface area contributed by atoms with Gasteiger partial charge in [-0.2, -0.15) is 0 Å². The number of nitrogens with two attached hydrogens (primary N) is 1. The molecule has 0 aromatic carbocycles. The lowest BCUT2D eigenvalue weighted by Gasteiger charge is -2.04. The lowest BCUT2D eigenvalue weighted by atomic mass is 10.4. The zero-order chi connectivity index (χ0) is 10.4. The number of nitrogens with zero attached hydrogens (tertiary/aromatic N) is 2. The van der Waals surface area contributed by atoms with E-state index in [1.807, 2.05) is 0 Å². The minimum Gasteiger partial charge on any atom is -0.372 e. The lowest BCUT2D eigenvalue weighted by Crippen LogP contribution is -2.16. The van der Waals surface area contributed by atoms with Gasteiger partial charge in [0.2, 0.25) is 5.91 Å². The molecule has 0 aliphatic carbocycles. The molecule has 6 heteroatoms. The molecule has 4 N–H and O–H groups in total. The van der Waals surface area contributed by atoms with Crippen molar-refractivity contribution in [3.05, 3.63) is 12.4 Å². The van der Waals surface area contributed by atoms with Crippen molar-refractivity contribution in [2.75, 3.05) is 24.2 Å². The molecule has 0 aliphatic rings. The summed E-state index contributed by atoms with van der Waals surface area (Å²) in [4.78, 5) is 18.5. The summed E-state index contributed by atoms with van der Waals surface area (Å²) in [5.41, 5.74) is 4.99. The summed E-state index contributed by atoms with van der Waals surface area (Å²) in [6, 6.07) is 0. The second-order valence-corrected chi connectivity index (χ2v) is 2.68. The molecule has 1 heterocycles. The molecule has 0 fully saturated rings. The van der Waals surface area contributed by atoms with Crippen LogP contribution in [0.5, 0.6) is 0 Å². The van der Waals surface area contributed by atoms with E-state index in [2.05, 4.69) is 20.6 Å².